The molecule has 3 aromatic rings. The Hall–Kier alpha value is -3.73. The van der Waals surface area contributed by atoms with E-state index in [9.17, 15) is 19.5 Å². The first-order valence-corrected chi connectivity index (χ1v) is 11.3. The Bertz CT molecular complexity index is 1020. The van der Waals surface area contributed by atoms with Crippen LogP contribution in [0.15, 0.2) is 91.0 Å². The Kier molecular flexibility index (Phi) is 6.68. The lowest BCUT2D eigenvalue weighted by Gasteiger charge is -2.37. The first-order chi connectivity index (χ1) is 16.0. The van der Waals surface area contributed by atoms with Crippen molar-refractivity contribution in [2.75, 3.05) is 0 Å². The van der Waals surface area contributed by atoms with E-state index in [1.54, 1.807) is 0 Å². The van der Waals surface area contributed by atoms with Crippen molar-refractivity contribution in [3.8, 4) is 0 Å². The van der Waals surface area contributed by atoms with Crippen molar-refractivity contribution in [3.05, 3.63) is 108 Å². The fourth-order valence-electron chi connectivity index (χ4n) is 4.93. The van der Waals surface area contributed by atoms with Gasteiger partial charge >= 0.3 is 5.97 Å². The van der Waals surface area contributed by atoms with Gasteiger partial charge < -0.3 is 10.4 Å². The minimum atomic E-state index is -1.25. The molecule has 2 atom stereocenters. The highest BCUT2D eigenvalue weighted by Gasteiger charge is 2.46. The number of nitrogens with one attached hydrogen (secondary N) is 1. The van der Waals surface area contributed by atoms with Gasteiger partial charge in [-0.2, -0.15) is 0 Å². The normalized spacial score (nSPS) is 17.2. The maximum atomic E-state index is 14.2. The van der Waals surface area contributed by atoms with E-state index >= 15 is 0 Å². The third-order valence-electron chi connectivity index (χ3n) is 6.51. The second-order valence-corrected chi connectivity index (χ2v) is 8.53. The summed E-state index contributed by atoms with van der Waals surface area (Å²) in [6, 6.07) is 27.1. The SMILES string of the molecule is O=C1CCC[C@@H]([C@@H](NC(=O)C(c2ccccc2)(c2ccccc2)c2ccccc2)C(=O)O)C1. The number of carbonyl (C=O) groups excluding carboxylic acids is 2. The zero-order valence-electron chi connectivity index (χ0n) is 18.3. The van der Waals surface area contributed by atoms with Crippen LogP contribution in [0, 0.1) is 5.92 Å². The van der Waals surface area contributed by atoms with Crippen LogP contribution in [0.5, 0.6) is 0 Å². The molecule has 1 fully saturated rings. The molecule has 0 aliphatic heterocycles. The van der Waals surface area contributed by atoms with E-state index < -0.39 is 29.3 Å². The van der Waals surface area contributed by atoms with Gasteiger partial charge in [0.2, 0.25) is 5.91 Å². The van der Waals surface area contributed by atoms with Crippen LogP contribution in [0.1, 0.15) is 42.4 Å². The fourth-order valence-corrected chi connectivity index (χ4v) is 4.93. The Morgan fingerprint density at radius 1 is 0.818 bits per heavy atom. The third kappa shape index (κ3) is 4.44. The maximum absolute atomic E-state index is 14.2. The lowest BCUT2D eigenvalue weighted by atomic mass is 9.68. The first kappa shape index (κ1) is 22.5. The minimum absolute atomic E-state index is 0.0483. The molecule has 33 heavy (non-hydrogen) atoms. The van der Waals surface area contributed by atoms with Crippen molar-refractivity contribution >= 4 is 17.7 Å². The number of hydrogen-bond acceptors (Lipinski definition) is 3. The van der Waals surface area contributed by atoms with Crippen molar-refractivity contribution in [3.63, 3.8) is 0 Å². The Labute approximate surface area is 193 Å². The summed E-state index contributed by atoms with van der Waals surface area (Å²) in [5.74, 6) is -1.91. The zero-order chi connectivity index (χ0) is 23.3. The summed E-state index contributed by atoms with van der Waals surface area (Å²) in [5.41, 5.74) is 0.965. The van der Waals surface area contributed by atoms with Gasteiger partial charge in [0.1, 0.15) is 17.2 Å². The van der Waals surface area contributed by atoms with E-state index in [2.05, 4.69) is 5.32 Å². The predicted molar refractivity (Wildman–Crippen MR) is 126 cm³/mol. The average Bonchev–Trinajstić information content (AvgIpc) is 2.85. The number of Topliss-reactive ketones (excluding diaryl/α,β-unsaturated/α-hetero) is 1. The summed E-state index contributed by atoms with van der Waals surface area (Å²) in [5, 5.41) is 12.9. The monoisotopic (exact) mass is 441 g/mol. The van der Waals surface area contributed by atoms with Crippen LogP contribution in [-0.4, -0.2) is 28.8 Å². The molecule has 1 aliphatic rings. The zero-order valence-corrected chi connectivity index (χ0v) is 18.3. The lowest BCUT2D eigenvalue weighted by Crippen LogP contribution is -2.54. The van der Waals surface area contributed by atoms with Gasteiger partial charge in [0.25, 0.3) is 0 Å². The number of carboxylic acid groups (broad SMARTS) is 1. The fraction of sp³-hybridized carbons (Fsp3) is 0.250. The van der Waals surface area contributed by atoms with Gasteiger partial charge in [0.15, 0.2) is 0 Å². The Morgan fingerprint density at radius 3 is 1.67 bits per heavy atom. The molecule has 3 aromatic carbocycles. The van der Waals surface area contributed by atoms with E-state index in [-0.39, 0.29) is 12.2 Å². The molecule has 5 heteroatoms. The van der Waals surface area contributed by atoms with Crippen molar-refractivity contribution in [2.24, 2.45) is 5.92 Å². The summed E-state index contributed by atoms with van der Waals surface area (Å²) in [7, 11) is 0. The van der Waals surface area contributed by atoms with E-state index in [1.165, 1.54) is 0 Å². The summed E-state index contributed by atoms with van der Waals surface area (Å²) < 4.78 is 0. The van der Waals surface area contributed by atoms with Crippen LogP contribution >= 0.6 is 0 Å². The van der Waals surface area contributed by atoms with Crippen LogP contribution in [0.2, 0.25) is 0 Å². The number of ketones is 1. The van der Waals surface area contributed by atoms with Crippen molar-refractivity contribution in [1.29, 1.82) is 0 Å². The molecule has 0 saturated heterocycles. The summed E-state index contributed by atoms with van der Waals surface area (Å²) in [6.45, 7) is 0. The first-order valence-electron chi connectivity index (χ1n) is 11.3. The second-order valence-electron chi connectivity index (χ2n) is 8.53. The molecule has 0 bridgehead atoms. The molecule has 0 radical (unpaired) electrons. The average molecular weight is 442 g/mol. The molecule has 0 aromatic heterocycles. The van der Waals surface area contributed by atoms with Crippen LogP contribution in [0.25, 0.3) is 0 Å². The maximum Gasteiger partial charge on any atom is 0.326 e. The number of carbonyl (C=O) groups is 3. The van der Waals surface area contributed by atoms with Crippen molar-refractivity contribution < 1.29 is 19.5 Å². The molecule has 0 heterocycles. The smallest absolute Gasteiger partial charge is 0.326 e. The standard InChI is InChI=1S/C28H27NO4/c30-24-18-10-11-20(19-24)25(26(31)32)29-27(33)28(21-12-4-1-5-13-21,22-14-6-2-7-15-22)23-16-8-3-9-17-23/h1-9,12-17,20,25H,10-11,18-19H2,(H,29,33)(H,31,32)/t20-,25-/m1/s1. The highest BCUT2D eigenvalue weighted by atomic mass is 16.4. The summed E-state index contributed by atoms with van der Waals surface area (Å²) in [4.78, 5) is 38.5. The Morgan fingerprint density at radius 2 is 1.27 bits per heavy atom. The molecule has 2 N–H and O–H groups in total. The van der Waals surface area contributed by atoms with Gasteiger partial charge in [-0.25, -0.2) is 4.79 Å². The highest BCUT2D eigenvalue weighted by Crippen LogP contribution is 2.40. The van der Waals surface area contributed by atoms with Gasteiger partial charge in [0, 0.05) is 12.8 Å². The number of hydrogen-bond donors (Lipinski definition) is 2. The van der Waals surface area contributed by atoms with Gasteiger partial charge in [-0.1, -0.05) is 91.0 Å². The summed E-state index contributed by atoms with van der Waals surface area (Å²) >= 11 is 0. The van der Waals surface area contributed by atoms with Gasteiger partial charge in [-0.15, -0.1) is 0 Å². The molecule has 4 rings (SSSR count). The molecule has 0 spiro atoms. The number of aliphatic carboxylic acids is 1. The van der Waals surface area contributed by atoms with E-state index in [0.29, 0.717) is 19.3 Å². The number of rotatable bonds is 7. The van der Waals surface area contributed by atoms with E-state index in [0.717, 1.165) is 16.7 Å². The van der Waals surface area contributed by atoms with Gasteiger partial charge in [-0.05, 0) is 35.4 Å². The predicted octanol–water partition coefficient (Wildman–Crippen LogP) is 4.35. The molecular formula is C28H27NO4. The third-order valence-corrected chi connectivity index (χ3v) is 6.51. The molecule has 5 nitrogen and oxygen atoms in total. The van der Waals surface area contributed by atoms with Crippen molar-refractivity contribution in [2.45, 2.75) is 37.1 Å². The van der Waals surface area contributed by atoms with E-state index in [4.69, 9.17) is 0 Å². The van der Waals surface area contributed by atoms with E-state index in [1.807, 2.05) is 91.0 Å². The van der Waals surface area contributed by atoms with Gasteiger partial charge in [0.05, 0.1) is 0 Å². The number of benzene rings is 3. The van der Waals surface area contributed by atoms with Crippen LogP contribution in [0.3, 0.4) is 0 Å². The minimum Gasteiger partial charge on any atom is -0.480 e. The number of carboxylic acids is 1. The van der Waals surface area contributed by atoms with Crippen molar-refractivity contribution in [1.82, 2.24) is 5.32 Å². The molecule has 168 valence electrons. The Balaban J connectivity index is 1.86. The molecular weight excluding hydrogens is 414 g/mol. The number of amides is 1. The molecule has 1 aliphatic carbocycles. The topological polar surface area (TPSA) is 83.5 Å². The van der Waals surface area contributed by atoms with Gasteiger partial charge in [-0.3, -0.25) is 9.59 Å². The molecule has 1 saturated carbocycles. The summed E-state index contributed by atoms with van der Waals surface area (Å²) in [6.07, 6.45) is 1.88. The lowest BCUT2D eigenvalue weighted by molar-refractivity contribution is -0.144. The molecule has 0 unspecified atom stereocenters. The van der Waals surface area contributed by atoms with Crippen LogP contribution < -0.4 is 5.32 Å². The molecule has 1 amide bonds. The van der Waals surface area contributed by atoms with Crippen LogP contribution in [-0.2, 0) is 19.8 Å². The quantitative estimate of drug-likeness (QED) is 0.534. The highest BCUT2D eigenvalue weighted by molar-refractivity contribution is 5.98. The van der Waals surface area contributed by atoms with Crippen LogP contribution in [0.4, 0.5) is 0 Å². The second kappa shape index (κ2) is 9.82. The largest absolute Gasteiger partial charge is 0.480 e.